The highest BCUT2D eigenvalue weighted by molar-refractivity contribution is 6.36. The summed E-state index contributed by atoms with van der Waals surface area (Å²) in [5.41, 5.74) is 3.99. The molecule has 0 bridgehead atoms. The molecule has 0 radical (unpaired) electrons. The number of aryl methyl sites for hydroxylation is 3. The van der Waals surface area contributed by atoms with Gasteiger partial charge >= 0.3 is 5.97 Å². The zero-order valence-corrected chi connectivity index (χ0v) is 17.0. The van der Waals surface area contributed by atoms with Gasteiger partial charge in [0.25, 0.3) is 0 Å². The second kappa shape index (κ2) is 12.0. The Kier molecular flexibility index (Phi) is 9.26. The largest absolute Gasteiger partial charge is 0.422 e. The fourth-order valence-electron chi connectivity index (χ4n) is 3.32. The van der Waals surface area contributed by atoms with Gasteiger partial charge in [-0.3, -0.25) is 0 Å². The van der Waals surface area contributed by atoms with Gasteiger partial charge in [-0.25, -0.2) is 4.79 Å². The smallest absolute Gasteiger partial charge is 0.361 e. The van der Waals surface area contributed by atoms with E-state index in [1.165, 1.54) is 17.5 Å². The van der Waals surface area contributed by atoms with Crippen molar-refractivity contribution in [1.29, 1.82) is 0 Å². The van der Waals surface area contributed by atoms with Crippen LogP contribution in [0, 0.1) is 6.92 Å². The maximum absolute atomic E-state index is 12.1. The van der Waals surface area contributed by atoms with Gasteiger partial charge in [-0.15, -0.1) is 0 Å². The van der Waals surface area contributed by atoms with E-state index < -0.39 is 5.97 Å². The molecule has 0 spiro atoms. The predicted octanol–water partition coefficient (Wildman–Crippen LogP) is 5.88. The number of carbonyl (C=O) groups excluding carboxylic acids is 1. The Bertz CT molecular complexity index is 783. The Hall–Kier alpha value is -2.62. The molecule has 4 nitrogen and oxygen atoms in total. The molecule has 0 aliphatic heterocycles. The number of hydrogen-bond donors (Lipinski definition) is 1. The normalized spacial score (nSPS) is 11.4. The maximum Gasteiger partial charge on any atom is 0.361 e. The summed E-state index contributed by atoms with van der Waals surface area (Å²) in [6.07, 6.45) is 7.90. The number of rotatable bonds is 11. The first-order chi connectivity index (χ1) is 13.6. The number of carbonyl (C=O) groups is 1. The standard InChI is InChI=1S/C24H31NO3/c1-3-20-13-9-10-15-21(20)14-7-5-4-6-8-17-23(25-27)24(26)28-22-16-11-12-19(2)18-22/h9-13,15-16,18,27H,3-8,14,17H2,1-2H3/b25-23-. The van der Waals surface area contributed by atoms with E-state index in [-0.39, 0.29) is 5.71 Å². The van der Waals surface area contributed by atoms with Crippen LogP contribution in [0.25, 0.3) is 0 Å². The van der Waals surface area contributed by atoms with Crippen molar-refractivity contribution in [2.75, 3.05) is 0 Å². The van der Waals surface area contributed by atoms with Crippen molar-refractivity contribution in [1.82, 2.24) is 0 Å². The van der Waals surface area contributed by atoms with E-state index in [4.69, 9.17) is 9.94 Å². The second-order valence-corrected chi connectivity index (χ2v) is 7.14. The molecule has 0 saturated carbocycles. The fraction of sp³-hybridized carbons (Fsp3) is 0.417. The average molecular weight is 382 g/mol. The van der Waals surface area contributed by atoms with Gasteiger partial charge in [0.2, 0.25) is 0 Å². The number of benzene rings is 2. The van der Waals surface area contributed by atoms with Crippen LogP contribution in [-0.2, 0) is 17.6 Å². The van der Waals surface area contributed by atoms with E-state index in [9.17, 15) is 4.79 Å². The molecule has 2 rings (SSSR count). The topological polar surface area (TPSA) is 58.9 Å². The molecule has 28 heavy (non-hydrogen) atoms. The molecule has 0 unspecified atom stereocenters. The molecule has 2 aromatic rings. The zero-order chi connectivity index (χ0) is 20.2. The van der Waals surface area contributed by atoms with E-state index in [0.29, 0.717) is 12.2 Å². The lowest BCUT2D eigenvalue weighted by Gasteiger charge is -2.08. The van der Waals surface area contributed by atoms with Crippen molar-refractivity contribution in [3.8, 4) is 5.75 Å². The molecule has 0 aromatic heterocycles. The maximum atomic E-state index is 12.1. The summed E-state index contributed by atoms with van der Waals surface area (Å²) in [4.78, 5) is 12.1. The number of oxime groups is 1. The highest BCUT2D eigenvalue weighted by Crippen LogP contribution is 2.16. The minimum Gasteiger partial charge on any atom is -0.422 e. The monoisotopic (exact) mass is 381 g/mol. The molecule has 0 atom stereocenters. The van der Waals surface area contributed by atoms with Crippen LogP contribution < -0.4 is 4.74 Å². The van der Waals surface area contributed by atoms with E-state index in [2.05, 4.69) is 36.3 Å². The summed E-state index contributed by atoms with van der Waals surface area (Å²) < 4.78 is 5.28. The Morgan fingerprint density at radius 3 is 2.39 bits per heavy atom. The molecular weight excluding hydrogens is 350 g/mol. The summed E-state index contributed by atoms with van der Waals surface area (Å²) in [7, 11) is 0. The summed E-state index contributed by atoms with van der Waals surface area (Å²) in [5.74, 6) is -0.109. The van der Waals surface area contributed by atoms with Crippen molar-refractivity contribution >= 4 is 11.7 Å². The van der Waals surface area contributed by atoms with Crippen LogP contribution in [0.5, 0.6) is 5.75 Å². The number of hydrogen-bond acceptors (Lipinski definition) is 4. The Morgan fingerprint density at radius 1 is 0.964 bits per heavy atom. The molecule has 0 saturated heterocycles. The van der Waals surface area contributed by atoms with Crippen LogP contribution in [0.4, 0.5) is 0 Å². The molecule has 1 N–H and O–H groups in total. The third-order valence-corrected chi connectivity index (χ3v) is 4.92. The summed E-state index contributed by atoms with van der Waals surface area (Å²) in [6.45, 7) is 4.13. The lowest BCUT2D eigenvalue weighted by molar-refractivity contribution is -0.127. The van der Waals surface area contributed by atoms with Crippen molar-refractivity contribution in [3.05, 3.63) is 65.2 Å². The quantitative estimate of drug-likeness (QED) is 0.132. The molecular formula is C24H31NO3. The molecule has 0 aliphatic carbocycles. The van der Waals surface area contributed by atoms with Crippen molar-refractivity contribution in [3.63, 3.8) is 0 Å². The van der Waals surface area contributed by atoms with E-state index in [1.54, 1.807) is 12.1 Å². The van der Waals surface area contributed by atoms with Crippen molar-refractivity contribution in [2.24, 2.45) is 5.16 Å². The predicted molar refractivity (Wildman–Crippen MR) is 113 cm³/mol. The van der Waals surface area contributed by atoms with Gasteiger partial charge in [-0.2, -0.15) is 0 Å². The third kappa shape index (κ3) is 7.18. The van der Waals surface area contributed by atoms with Crippen LogP contribution in [0.3, 0.4) is 0 Å². The van der Waals surface area contributed by atoms with Gasteiger partial charge in [-0.05, 0) is 61.4 Å². The van der Waals surface area contributed by atoms with E-state index in [1.807, 2.05) is 19.1 Å². The van der Waals surface area contributed by atoms with Gasteiger partial charge in [0.15, 0.2) is 5.71 Å². The van der Waals surface area contributed by atoms with Crippen molar-refractivity contribution < 1.29 is 14.7 Å². The molecule has 0 aliphatic rings. The summed E-state index contributed by atoms with van der Waals surface area (Å²) >= 11 is 0. The first kappa shape index (κ1) is 21.7. The zero-order valence-electron chi connectivity index (χ0n) is 17.0. The Morgan fingerprint density at radius 2 is 1.68 bits per heavy atom. The molecule has 0 amide bonds. The van der Waals surface area contributed by atoms with Gasteiger partial charge in [0.05, 0.1) is 0 Å². The SMILES string of the molecule is CCc1ccccc1CCCCCCC/C(=N/O)C(=O)Oc1cccc(C)c1. The first-order valence-electron chi connectivity index (χ1n) is 10.2. The lowest BCUT2D eigenvalue weighted by Crippen LogP contribution is -2.20. The van der Waals surface area contributed by atoms with Gasteiger partial charge < -0.3 is 9.94 Å². The molecule has 0 heterocycles. The highest BCUT2D eigenvalue weighted by Gasteiger charge is 2.14. The lowest BCUT2D eigenvalue weighted by atomic mass is 9.99. The van der Waals surface area contributed by atoms with Crippen LogP contribution in [-0.4, -0.2) is 16.9 Å². The summed E-state index contributed by atoms with van der Waals surface area (Å²) in [5, 5.41) is 12.3. The molecule has 2 aromatic carbocycles. The van der Waals surface area contributed by atoms with Gasteiger partial charge in [0.1, 0.15) is 5.75 Å². The minimum absolute atomic E-state index is 0.0818. The van der Waals surface area contributed by atoms with Crippen molar-refractivity contribution in [2.45, 2.75) is 65.2 Å². The Labute approximate surface area is 168 Å². The number of unbranched alkanes of at least 4 members (excludes halogenated alkanes) is 4. The van der Waals surface area contributed by atoms with E-state index >= 15 is 0 Å². The molecule has 4 heteroatoms. The van der Waals surface area contributed by atoms with Crippen LogP contribution >= 0.6 is 0 Å². The average Bonchev–Trinajstić information content (AvgIpc) is 2.70. The number of ether oxygens (including phenoxy) is 1. The Balaban J connectivity index is 1.64. The highest BCUT2D eigenvalue weighted by atomic mass is 16.5. The third-order valence-electron chi connectivity index (χ3n) is 4.92. The second-order valence-electron chi connectivity index (χ2n) is 7.14. The van der Waals surface area contributed by atoms with E-state index in [0.717, 1.165) is 44.1 Å². The van der Waals surface area contributed by atoms with Crippen LogP contribution in [0.15, 0.2) is 53.7 Å². The van der Waals surface area contributed by atoms with Gasteiger partial charge in [0, 0.05) is 6.42 Å². The summed E-state index contributed by atoms with van der Waals surface area (Å²) in [6, 6.07) is 15.9. The van der Waals surface area contributed by atoms with Crippen LogP contribution in [0.2, 0.25) is 0 Å². The first-order valence-corrected chi connectivity index (χ1v) is 10.2. The van der Waals surface area contributed by atoms with Gasteiger partial charge in [-0.1, -0.05) is 67.7 Å². The molecule has 0 fully saturated rings. The minimum atomic E-state index is -0.579. The fourth-order valence-corrected chi connectivity index (χ4v) is 3.32. The van der Waals surface area contributed by atoms with Crippen LogP contribution in [0.1, 0.15) is 62.1 Å². The number of nitrogens with zero attached hydrogens (tertiary/aromatic N) is 1. The molecule has 150 valence electrons. The number of esters is 1.